The number of nitrogens with one attached hydrogen (secondary N) is 2. The fourth-order valence-electron chi connectivity index (χ4n) is 1.98. The van der Waals surface area contributed by atoms with E-state index in [9.17, 15) is 4.79 Å². The van der Waals surface area contributed by atoms with Gasteiger partial charge in [0.15, 0.2) is 0 Å². The lowest BCUT2D eigenvalue weighted by Gasteiger charge is -2.16. The Hall–Kier alpha value is -2.11. The molecule has 2 heterocycles. The third-order valence-electron chi connectivity index (χ3n) is 2.90. The minimum absolute atomic E-state index is 0.105. The van der Waals surface area contributed by atoms with E-state index < -0.39 is 0 Å². The summed E-state index contributed by atoms with van der Waals surface area (Å²) in [5.74, 6) is 0.559. The lowest BCUT2D eigenvalue weighted by atomic mass is 10.0. The van der Waals surface area contributed by atoms with Crippen LogP contribution in [0.15, 0.2) is 16.8 Å². The molecule has 2 aromatic heterocycles. The Morgan fingerprint density at radius 1 is 1.56 bits per heavy atom. The summed E-state index contributed by atoms with van der Waals surface area (Å²) in [5, 5.41) is 13.2. The number of hydrogen-bond acceptors (Lipinski definition) is 4. The monoisotopic (exact) mass is 248 g/mol. The quantitative estimate of drug-likeness (QED) is 0.865. The average molecular weight is 248 g/mol. The first-order valence-electron chi connectivity index (χ1n) is 5.86. The molecule has 0 saturated heterocycles. The molecule has 18 heavy (non-hydrogen) atoms. The normalized spacial score (nSPS) is 12.4. The zero-order chi connectivity index (χ0) is 13.1. The first kappa shape index (κ1) is 12.3. The number of carbonyl (C=O) groups is 1. The first-order valence-corrected chi connectivity index (χ1v) is 5.86. The lowest BCUT2D eigenvalue weighted by molar-refractivity contribution is 0.0930. The predicted molar refractivity (Wildman–Crippen MR) is 65.1 cm³/mol. The van der Waals surface area contributed by atoms with Crippen LogP contribution in [0, 0.1) is 13.8 Å². The summed E-state index contributed by atoms with van der Waals surface area (Å²) in [7, 11) is 0. The Morgan fingerprint density at radius 3 is 2.83 bits per heavy atom. The van der Waals surface area contributed by atoms with Gasteiger partial charge in [0, 0.05) is 11.8 Å². The van der Waals surface area contributed by atoms with Crippen molar-refractivity contribution in [1.29, 1.82) is 0 Å². The Labute approximate surface area is 105 Å². The van der Waals surface area contributed by atoms with E-state index in [2.05, 4.69) is 20.7 Å². The highest BCUT2D eigenvalue weighted by Crippen LogP contribution is 2.24. The molecule has 0 bridgehead atoms. The van der Waals surface area contributed by atoms with E-state index in [1.807, 2.05) is 20.8 Å². The molecule has 0 saturated carbocycles. The van der Waals surface area contributed by atoms with Crippen LogP contribution in [-0.4, -0.2) is 21.3 Å². The molecule has 0 fully saturated rings. The Balaban J connectivity index is 2.18. The van der Waals surface area contributed by atoms with Crippen LogP contribution >= 0.6 is 0 Å². The fourth-order valence-corrected chi connectivity index (χ4v) is 1.98. The van der Waals surface area contributed by atoms with Gasteiger partial charge in [-0.2, -0.15) is 5.10 Å². The van der Waals surface area contributed by atoms with Crippen LogP contribution in [-0.2, 0) is 0 Å². The number of aryl methyl sites for hydroxylation is 2. The Bertz CT molecular complexity index is 511. The molecule has 0 aliphatic carbocycles. The van der Waals surface area contributed by atoms with Gasteiger partial charge in [-0.3, -0.25) is 9.89 Å². The highest BCUT2D eigenvalue weighted by atomic mass is 16.5. The number of hydrogen-bond donors (Lipinski definition) is 2. The zero-order valence-electron chi connectivity index (χ0n) is 10.7. The van der Waals surface area contributed by atoms with Crippen molar-refractivity contribution in [3.8, 4) is 0 Å². The molecule has 2 rings (SSSR count). The highest BCUT2D eigenvalue weighted by molar-refractivity contribution is 5.92. The van der Waals surface area contributed by atoms with E-state index in [0.717, 1.165) is 23.4 Å². The lowest BCUT2D eigenvalue weighted by Crippen LogP contribution is -2.29. The number of nitrogens with zero attached hydrogens (tertiary/aromatic N) is 2. The van der Waals surface area contributed by atoms with E-state index in [1.54, 1.807) is 12.3 Å². The van der Waals surface area contributed by atoms with E-state index >= 15 is 0 Å². The molecule has 2 aromatic rings. The van der Waals surface area contributed by atoms with Crippen molar-refractivity contribution >= 4 is 5.91 Å². The van der Waals surface area contributed by atoms with Crippen molar-refractivity contribution in [2.75, 3.05) is 0 Å². The second kappa shape index (κ2) is 5.03. The summed E-state index contributed by atoms with van der Waals surface area (Å²) < 4.78 is 5.13. The van der Waals surface area contributed by atoms with Crippen molar-refractivity contribution < 1.29 is 9.32 Å². The molecule has 0 aromatic carbocycles. The van der Waals surface area contributed by atoms with Gasteiger partial charge >= 0.3 is 0 Å². The van der Waals surface area contributed by atoms with Crippen LogP contribution in [0.2, 0.25) is 0 Å². The summed E-state index contributed by atoms with van der Waals surface area (Å²) in [5.41, 5.74) is 2.20. The van der Waals surface area contributed by atoms with E-state index in [1.165, 1.54) is 0 Å². The van der Waals surface area contributed by atoms with Gasteiger partial charge in [-0.25, -0.2) is 0 Å². The average Bonchev–Trinajstić information content (AvgIpc) is 2.98. The smallest absolute Gasteiger partial charge is 0.269 e. The fraction of sp³-hybridized carbons (Fsp3) is 0.417. The highest BCUT2D eigenvalue weighted by Gasteiger charge is 2.21. The molecule has 2 N–H and O–H groups in total. The summed E-state index contributed by atoms with van der Waals surface area (Å²) >= 11 is 0. The van der Waals surface area contributed by atoms with Gasteiger partial charge in [-0.05, 0) is 26.3 Å². The molecule has 1 amide bonds. The predicted octanol–water partition coefficient (Wildman–Crippen LogP) is 1.90. The third-order valence-corrected chi connectivity index (χ3v) is 2.90. The molecule has 6 heteroatoms. The summed E-state index contributed by atoms with van der Waals surface area (Å²) in [4.78, 5) is 12.0. The minimum Gasteiger partial charge on any atom is -0.361 e. The minimum atomic E-state index is -0.181. The van der Waals surface area contributed by atoms with Crippen molar-refractivity contribution in [3.05, 3.63) is 35.0 Å². The largest absolute Gasteiger partial charge is 0.361 e. The number of carbonyl (C=O) groups excluding carboxylic acids is 1. The maximum Gasteiger partial charge on any atom is 0.269 e. The third kappa shape index (κ3) is 2.27. The molecule has 0 spiro atoms. The molecular weight excluding hydrogens is 232 g/mol. The van der Waals surface area contributed by atoms with E-state index in [-0.39, 0.29) is 11.9 Å². The molecule has 1 atom stereocenters. The van der Waals surface area contributed by atoms with Crippen LogP contribution in [0.4, 0.5) is 0 Å². The van der Waals surface area contributed by atoms with Crippen molar-refractivity contribution in [2.45, 2.75) is 33.2 Å². The topological polar surface area (TPSA) is 83.8 Å². The molecule has 1 unspecified atom stereocenters. The summed E-state index contributed by atoms with van der Waals surface area (Å²) in [6.45, 7) is 5.72. The van der Waals surface area contributed by atoms with Crippen LogP contribution in [0.1, 0.15) is 46.9 Å². The molecular formula is C12H16N4O2. The van der Waals surface area contributed by atoms with Crippen LogP contribution < -0.4 is 5.32 Å². The molecule has 0 radical (unpaired) electrons. The standard InChI is InChI=1S/C12H16N4O2/c1-4-9(11-7(2)16-18-8(11)3)14-12(17)10-5-6-13-15-10/h5-6,9H,4H2,1-3H3,(H,13,15)(H,14,17). The van der Waals surface area contributed by atoms with E-state index in [0.29, 0.717) is 5.69 Å². The van der Waals surface area contributed by atoms with Gasteiger partial charge < -0.3 is 9.84 Å². The number of H-pyrrole nitrogens is 1. The van der Waals surface area contributed by atoms with Crippen molar-refractivity contribution in [3.63, 3.8) is 0 Å². The number of rotatable bonds is 4. The van der Waals surface area contributed by atoms with Gasteiger partial charge in [0.1, 0.15) is 11.5 Å². The van der Waals surface area contributed by atoms with Crippen LogP contribution in [0.25, 0.3) is 0 Å². The molecule has 96 valence electrons. The van der Waals surface area contributed by atoms with Crippen LogP contribution in [0.5, 0.6) is 0 Å². The number of aromatic amines is 1. The summed E-state index contributed by atoms with van der Waals surface area (Å²) in [6, 6.07) is 1.53. The SMILES string of the molecule is CCC(NC(=O)c1ccn[nH]1)c1c(C)noc1C. The second-order valence-electron chi connectivity index (χ2n) is 4.14. The van der Waals surface area contributed by atoms with Crippen molar-refractivity contribution in [2.24, 2.45) is 0 Å². The van der Waals surface area contributed by atoms with Gasteiger partial charge in [-0.15, -0.1) is 0 Å². The Morgan fingerprint density at radius 2 is 2.33 bits per heavy atom. The second-order valence-corrected chi connectivity index (χ2v) is 4.14. The van der Waals surface area contributed by atoms with Gasteiger partial charge in [-0.1, -0.05) is 12.1 Å². The van der Waals surface area contributed by atoms with Crippen molar-refractivity contribution in [1.82, 2.24) is 20.7 Å². The van der Waals surface area contributed by atoms with Crippen LogP contribution in [0.3, 0.4) is 0 Å². The van der Waals surface area contributed by atoms with Gasteiger partial charge in [0.2, 0.25) is 0 Å². The zero-order valence-corrected chi connectivity index (χ0v) is 10.7. The number of aromatic nitrogens is 3. The molecule has 0 aliphatic rings. The number of amides is 1. The Kier molecular flexibility index (Phi) is 3.45. The molecule has 6 nitrogen and oxygen atoms in total. The first-order chi connectivity index (χ1) is 8.63. The van der Waals surface area contributed by atoms with Gasteiger partial charge in [0.25, 0.3) is 5.91 Å². The maximum absolute atomic E-state index is 12.0. The van der Waals surface area contributed by atoms with E-state index in [4.69, 9.17) is 4.52 Å². The maximum atomic E-state index is 12.0. The molecule has 0 aliphatic heterocycles. The summed E-state index contributed by atoms with van der Waals surface area (Å²) in [6.07, 6.45) is 2.31. The van der Waals surface area contributed by atoms with Gasteiger partial charge in [0.05, 0.1) is 11.7 Å².